The van der Waals surface area contributed by atoms with Crippen LogP contribution in [0.3, 0.4) is 0 Å². The van der Waals surface area contributed by atoms with Gasteiger partial charge in [-0.05, 0) is 93.0 Å². The summed E-state index contributed by atoms with van der Waals surface area (Å²) in [6, 6.07) is 68.9. The molecule has 0 fully saturated rings. The van der Waals surface area contributed by atoms with E-state index in [0.717, 1.165) is 58.3 Å². The molecule has 0 saturated heterocycles. The molecule has 17 aliphatic rings. The average Bonchev–Trinajstić information content (AvgIpc) is 3.46. The highest BCUT2D eigenvalue weighted by atomic mass is 15.0. The van der Waals surface area contributed by atoms with Crippen molar-refractivity contribution in [2.75, 3.05) is 0 Å². The molecule has 26 rings (SSSR count). The van der Waals surface area contributed by atoms with Gasteiger partial charge in [0.05, 0.1) is 0 Å². The molecule has 366 valence electrons. The van der Waals surface area contributed by atoms with Gasteiger partial charge in [0, 0.05) is 81.8 Å². The fourth-order valence-corrected chi connectivity index (χ4v) is 12.2. The summed E-state index contributed by atoms with van der Waals surface area (Å²) in [6.07, 6.45) is 25.8. The van der Waals surface area contributed by atoms with Gasteiger partial charge in [-0.15, -0.1) is 0 Å². The minimum absolute atomic E-state index is 0.0564. The van der Waals surface area contributed by atoms with Gasteiger partial charge in [-0.25, -0.2) is 18.3 Å². The van der Waals surface area contributed by atoms with Crippen LogP contribution < -0.4 is 13.7 Å². The summed E-state index contributed by atoms with van der Waals surface area (Å²) in [5.41, 5.74) is 19.3. The second-order valence-electron chi connectivity index (χ2n) is 20.9. The van der Waals surface area contributed by atoms with Crippen LogP contribution >= 0.6 is 0 Å². The fourth-order valence-electron chi connectivity index (χ4n) is 12.2. The van der Waals surface area contributed by atoms with E-state index in [1.165, 1.54) is 83.5 Å². The lowest BCUT2D eigenvalue weighted by Crippen LogP contribution is -2.35. The van der Waals surface area contributed by atoms with Gasteiger partial charge >= 0.3 is 0 Å². The topological polar surface area (TPSA) is 14.6 Å². The Bertz CT molecular complexity index is 3360. The maximum Gasteiger partial charge on any atom is 0.173 e. The molecule has 0 N–H and O–H groups in total. The highest BCUT2D eigenvalue weighted by molar-refractivity contribution is 5.71. The van der Waals surface area contributed by atoms with Gasteiger partial charge < -0.3 is 0 Å². The Morgan fingerprint density at radius 1 is 0.338 bits per heavy atom. The number of allylic oxidation sites excluding steroid dienone is 1. The van der Waals surface area contributed by atoms with E-state index in [0.29, 0.717) is 5.92 Å². The van der Waals surface area contributed by atoms with Crippen LogP contribution in [0.5, 0.6) is 0 Å². The van der Waals surface area contributed by atoms with Crippen LogP contribution in [-0.4, -0.2) is 10.8 Å². The Hall–Kier alpha value is -7.82. The van der Waals surface area contributed by atoms with Crippen molar-refractivity contribution >= 4 is 6.21 Å². The number of hydrogen-bond acceptors (Lipinski definition) is 0. The second-order valence-corrected chi connectivity index (χ2v) is 20.9. The maximum atomic E-state index is 2.48. The largest absolute Gasteiger partial charge is 0.205 e. The standard InChI is InChI=1S/C70H70N4/c1-5-69(6-2)65-29-23-60(24-30-65)63-35-43-72(44-36-63)50-54-11-9-53(10-12-54)49-71-41-33-62(34-42-71)58-19-17-57(18-20-58)59-21-27-67(28-22-59)70(7-3,8-4)68-39-47-74(48-40-68)52-56-15-13-55(14-16-56)51-73-45-37-64(38-46-73)61-25-31-66(69)32-26-61/h9-39,41-48,68H,5-8,40,49-52H2,1-4H3/q+4. The Kier molecular flexibility index (Phi) is 14.0. The van der Waals surface area contributed by atoms with E-state index >= 15 is 0 Å². The van der Waals surface area contributed by atoms with E-state index in [1.54, 1.807) is 0 Å². The molecule has 4 heteroatoms. The Morgan fingerprint density at radius 2 is 0.635 bits per heavy atom. The minimum atomic E-state index is -0.0564. The van der Waals surface area contributed by atoms with Gasteiger partial charge in [0.25, 0.3) is 0 Å². The molecule has 4 nitrogen and oxygen atoms in total. The molecule has 1 unspecified atom stereocenters. The second kappa shape index (κ2) is 21.3. The van der Waals surface area contributed by atoms with Crippen molar-refractivity contribution in [2.45, 2.75) is 96.8 Å². The van der Waals surface area contributed by atoms with E-state index in [-0.39, 0.29) is 10.8 Å². The fraction of sp³-hybridized carbons (Fsp3) is 0.229. The van der Waals surface area contributed by atoms with Gasteiger partial charge in [-0.3, -0.25) is 0 Å². The molecule has 9 aromatic rings. The van der Waals surface area contributed by atoms with Crippen molar-refractivity contribution in [1.29, 1.82) is 0 Å². The van der Waals surface area contributed by atoms with E-state index in [9.17, 15) is 0 Å². The number of rotatable bonds is 4. The SMILES string of the molecule is CCC1(CC)c2ccc(cc2)-c2cc[n+](cc2)Cc2ccc(cc2)C[N+]2=CCC(C=C2)C(CC)(CC)c2ccc(cc2)-c2ccc(cc2)-c2cc[n+](cc2)Cc2ccc(cc2)C[n+]2ccc(cc2)-c2ccc1cc2. The normalized spacial score (nSPS) is 15.9. The zero-order chi connectivity index (χ0) is 50.5. The third-order valence-corrected chi connectivity index (χ3v) is 17.0. The number of benzene rings is 6. The number of aromatic nitrogens is 3. The first-order valence-corrected chi connectivity index (χ1v) is 27.2. The van der Waals surface area contributed by atoms with Crippen molar-refractivity contribution in [2.24, 2.45) is 5.92 Å². The lowest BCUT2D eigenvalue weighted by Gasteiger charge is -2.38. The quantitative estimate of drug-likeness (QED) is 0.156. The smallest absolute Gasteiger partial charge is 0.173 e. The van der Waals surface area contributed by atoms with Crippen LogP contribution in [0.1, 0.15) is 98.7 Å². The maximum absolute atomic E-state index is 2.48. The molecular formula is C70H70N4+4. The van der Waals surface area contributed by atoms with Gasteiger partial charge in [0.15, 0.2) is 69.6 Å². The van der Waals surface area contributed by atoms with Crippen LogP contribution in [-0.2, 0) is 37.0 Å². The molecule has 20 heterocycles. The molecule has 20 bridgehead atoms. The number of pyridine rings is 3. The highest BCUT2D eigenvalue weighted by Gasteiger charge is 2.38. The molecule has 74 heavy (non-hydrogen) atoms. The lowest BCUT2D eigenvalue weighted by atomic mass is 9.65. The van der Waals surface area contributed by atoms with Gasteiger partial charge in [0.1, 0.15) is 6.21 Å². The van der Waals surface area contributed by atoms with Crippen LogP contribution in [0.15, 0.2) is 231 Å². The average molecular weight is 967 g/mol. The monoisotopic (exact) mass is 967 g/mol. The summed E-state index contributed by atoms with van der Waals surface area (Å²) in [5, 5.41) is 0. The first-order valence-electron chi connectivity index (χ1n) is 27.2. The third-order valence-electron chi connectivity index (χ3n) is 17.0. The van der Waals surface area contributed by atoms with E-state index in [1.807, 2.05) is 0 Å². The molecule has 0 spiro atoms. The number of hydrogen-bond donors (Lipinski definition) is 0. The molecule has 6 aromatic carbocycles. The van der Waals surface area contributed by atoms with E-state index in [4.69, 9.17) is 0 Å². The Morgan fingerprint density at radius 3 is 0.932 bits per heavy atom. The predicted octanol–water partition coefficient (Wildman–Crippen LogP) is 14.7. The van der Waals surface area contributed by atoms with Gasteiger partial charge in [-0.1, -0.05) is 173 Å². The van der Waals surface area contributed by atoms with Crippen LogP contribution in [0, 0.1) is 5.92 Å². The van der Waals surface area contributed by atoms with Crippen molar-refractivity contribution in [3.63, 3.8) is 0 Å². The van der Waals surface area contributed by atoms with Gasteiger partial charge in [-0.2, -0.15) is 0 Å². The zero-order valence-corrected chi connectivity index (χ0v) is 43.7. The summed E-state index contributed by atoms with van der Waals surface area (Å²) in [7, 11) is 0. The van der Waals surface area contributed by atoms with Crippen molar-refractivity contribution in [3.8, 4) is 44.5 Å². The summed E-state index contributed by atoms with van der Waals surface area (Å²) in [4.78, 5) is 0. The first kappa shape index (κ1) is 48.4. The Labute approximate surface area is 440 Å². The van der Waals surface area contributed by atoms with Crippen molar-refractivity contribution in [1.82, 2.24) is 0 Å². The van der Waals surface area contributed by atoms with Crippen LogP contribution in [0.2, 0.25) is 0 Å². The molecule has 0 radical (unpaired) electrons. The Balaban J connectivity index is 0.847. The summed E-state index contributed by atoms with van der Waals surface area (Å²) in [5.74, 6) is 0.445. The van der Waals surface area contributed by atoms with Crippen molar-refractivity contribution < 1.29 is 18.3 Å². The van der Waals surface area contributed by atoms with Crippen molar-refractivity contribution in [3.05, 3.63) is 270 Å². The summed E-state index contributed by atoms with van der Waals surface area (Å²) >= 11 is 0. The lowest BCUT2D eigenvalue weighted by molar-refractivity contribution is -0.688. The molecule has 0 aliphatic carbocycles. The number of nitrogens with zero attached hydrogens (tertiary/aromatic N) is 4. The first-order chi connectivity index (χ1) is 36.3. The predicted molar refractivity (Wildman–Crippen MR) is 303 cm³/mol. The molecule has 0 amide bonds. The molecule has 1 atom stereocenters. The zero-order valence-electron chi connectivity index (χ0n) is 43.7. The summed E-state index contributed by atoms with van der Waals surface area (Å²) < 4.78 is 9.18. The minimum Gasteiger partial charge on any atom is -0.205 e. The van der Waals surface area contributed by atoms with E-state index < -0.39 is 0 Å². The molecule has 17 aliphatic heterocycles. The van der Waals surface area contributed by atoms with Gasteiger partial charge in [0.2, 0.25) is 0 Å². The third kappa shape index (κ3) is 9.98. The summed E-state index contributed by atoms with van der Waals surface area (Å²) in [6.45, 7) is 12.8. The van der Waals surface area contributed by atoms with Crippen LogP contribution in [0.4, 0.5) is 0 Å². The highest BCUT2D eigenvalue weighted by Crippen LogP contribution is 2.43. The molecule has 3 aromatic heterocycles. The molecular weight excluding hydrogens is 897 g/mol. The molecule has 0 saturated carbocycles. The van der Waals surface area contributed by atoms with Crippen LogP contribution in [0.25, 0.3) is 44.5 Å². The van der Waals surface area contributed by atoms with E-state index in [2.05, 4.69) is 284 Å².